The van der Waals surface area contributed by atoms with E-state index in [1.807, 2.05) is 20.8 Å². The predicted molar refractivity (Wildman–Crippen MR) is 59.5 cm³/mol. The first-order valence-electron chi connectivity index (χ1n) is 6.10. The molecule has 0 heterocycles. The summed E-state index contributed by atoms with van der Waals surface area (Å²) in [6.45, 7) is 5.88. The highest BCUT2D eigenvalue weighted by atomic mass is 16.3. The van der Waals surface area contributed by atoms with E-state index in [1.54, 1.807) is 0 Å². The van der Waals surface area contributed by atoms with Crippen molar-refractivity contribution in [3.63, 3.8) is 0 Å². The molecule has 0 aliphatic heterocycles. The van der Waals surface area contributed by atoms with Gasteiger partial charge in [-0.2, -0.15) is 0 Å². The lowest BCUT2D eigenvalue weighted by atomic mass is 9.75. The van der Waals surface area contributed by atoms with E-state index in [0.717, 1.165) is 25.7 Å². The van der Waals surface area contributed by atoms with Crippen molar-refractivity contribution < 1.29 is 9.90 Å². The second-order valence-corrected chi connectivity index (χ2v) is 6.47. The van der Waals surface area contributed by atoms with E-state index in [2.05, 4.69) is 0 Å². The Kier molecular flexibility index (Phi) is 2.45. The average molecular weight is 210 g/mol. The van der Waals surface area contributed by atoms with E-state index in [9.17, 15) is 9.90 Å². The summed E-state index contributed by atoms with van der Waals surface area (Å²) in [5.74, 6) is 0.763. The highest BCUT2D eigenvalue weighted by molar-refractivity contribution is 5.87. The third kappa shape index (κ3) is 1.84. The Balaban J connectivity index is 2.20. The van der Waals surface area contributed by atoms with Crippen molar-refractivity contribution in [3.05, 3.63) is 0 Å². The molecule has 0 unspecified atom stereocenters. The van der Waals surface area contributed by atoms with E-state index in [-0.39, 0.29) is 17.1 Å². The molecular formula is C13H22O2. The van der Waals surface area contributed by atoms with Crippen LogP contribution in [0, 0.1) is 17.3 Å². The van der Waals surface area contributed by atoms with Gasteiger partial charge in [-0.25, -0.2) is 0 Å². The van der Waals surface area contributed by atoms with Gasteiger partial charge < -0.3 is 5.11 Å². The molecule has 2 aliphatic carbocycles. The van der Waals surface area contributed by atoms with Crippen LogP contribution in [-0.4, -0.2) is 16.5 Å². The van der Waals surface area contributed by atoms with E-state index in [1.165, 1.54) is 6.42 Å². The van der Waals surface area contributed by atoms with E-state index >= 15 is 0 Å². The third-order valence-corrected chi connectivity index (χ3v) is 4.14. The number of aliphatic hydroxyl groups is 1. The molecule has 0 aromatic rings. The van der Waals surface area contributed by atoms with Gasteiger partial charge in [0.2, 0.25) is 0 Å². The van der Waals surface area contributed by atoms with Gasteiger partial charge in [0.05, 0.1) is 5.60 Å². The van der Waals surface area contributed by atoms with E-state index < -0.39 is 5.60 Å². The second kappa shape index (κ2) is 3.31. The Morgan fingerprint density at radius 1 is 1.40 bits per heavy atom. The molecule has 2 heteroatoms. The van der Waals surface area contributed by atoms with Gasteiger partial charge in [-0.1, -0.05) is 33.6 Å². The molecule has 2 aliphatic rings. The number of carbonyl (C=O) groups excluding carboxylic acids is 1. The van der Waals surface area contributed by atoms with Crippen LogP contribution in [0.2, 0.25) is 0 Å². The highest BCUT2D eigenvalue weighted by Gasteiger charge is 2.52. The quantitative estimate of drug-likeness (QED) is 0.722. The fourth-order valence-corrected chi connectivity index (χ4v) is 3.35. The summed E-state index contributed by atoms with van der Waals surface area (Å²) in [6.07, 6.45) is 4.91. The molecule has 0 aromatic heterocycles. The van der Waals surface area contributed by atoms with Gasteiger partial charge in [0.15, 0.2) is 0 Å². The summed E-state index contributed by atoms with van der Waals surface area (Å²) >= 11 is 0. The second-order valence-electron chi connectivity index (χ2n) is 6.47. The normalized spacial score (nSPS) is 40.5. The van der Waals surface area contributed by atoms with Crippen molar-refractivity contribution >= 4 is 5.78 Å². The zero-order valence-electron chi connectivity index (χ0n) is 10.0. The van der Waals surface area contributed by atoms with Crippen molar-refractivity contribution in [2.75, 3.05) is 0 Å². The van der Waals surface area contributed by atoms with E-state index in [4.69, 9.17) is 0 Å². The fourth-order valence-electron chi connectivity index (χ4n) is 3.35. The molecule has 2 nitrogen and oxygen atoms in total. The van der Waals surface area contributed by atoms with Gasteiger partial charge in [0, 0.05) is 11.3 Å². The minimum absolute atomic E-state index is 0.0926. The van der Waals surface area contributed by atoms with Gasteiger partial charge in [-0.05, 0) is 25.2 Å². The maximum absolute atomic E-state index is 12.3. The monoisotopic (exact) mass is 210 g/mol. The molecule has 0 spiro atoms. The Hall–Kier alpha value is -0.370. The number of fused-ring (bicyclic) bond motifs is 2. The first kappa shape index (κ1) is 11.1. The summed E-state index contributed by atoms with van der Waals surface area (Å²) in [6, 6.07) is 0. The molecule has 0 amide bonds. The minimum Gasteiger partial charge on any atom is -0.389 e. The molecule has 2 bridgehead atoms. The zero-order chi connectivity index (χ0) is 11.3. The Bertz CT molecular complexity index is 277. The third-order valence-electron chi connectivity index (χ3n) is 4.14. The lowest BCUT2D eigenvalue weighted by Crippen LogP contribution is -2.42. The fraction of sp³-hybridized carbons (Fsp3) is 0.923. The molecular weight excluding hydrogens is 188 g/mol. The Morgan fingerprint density at radius 3 is 2.60 bits per heavy atom. The highest BCUT2D eigenvalue weighted by Crippen LogP contribution is 2.50. The van der Waals surface area contributed by atoms with Gasteiger partial charge >= 0.3 is 0 Å². The molecule has 0 radical (unpaired) electrons. The minimum atomic E-state index is -0.659. The molecule has 2 rings (SSSR count). The Morgan fingerprint density at radius 2 is 2.07 bits per heavy atom. The molecule has 2 fully saturated rings. The Labute approximate surface area is 92.1 Å². The van der Waals surface area contributed by atoms with Crippen molar-refractivity contribution in [1.29, 1.82) is 0 Å². The van der Waals surface area contributed by atoms with Gasteiger partial charge in [-0.15, -0.1) is 0 Å². The van der Waals surface area contributed by atoms with Crippen LogP contribution in [0.1, 0.15) is 52.9 Å². The first-order chi connectivity index (χ1) is 6.83. The van der Waals surface area contributed by atoms with Crippen LogP contribution in [0.3, 0.4) is 0 Å². The van der Waals surface area contributed by atoms with Crippen LogP contribution >= 0.6 is 0 Å². The number of ketones is 1. The topological polar surface area (TPSA) is 37.3 Å². The van der Waals surface area contributed by atoms with Gasteiger partial charge in [0.25, 0.3) is 0 Å². The van der Waals surface area contributed by atoms with Crippen molar-refractivity contribution in [3.8, 4) is 0 Å². The number of hydrogen-bond acceptors (Lipinski definition) is 2. The summed E-state index contributed by atoms with van der Waals surface area (Å²) in [4.78, 5) is 12.3. The predicted octanol–water partition coefficient (Wildman–Crippen LogP) is 2.54. The first-order valence-corrected chi connectivity index (χ1v) is 6.10. The number of Topliss-reactive ketones (excluding diaryl/α,β-unsaturated/α-hetero) is 1. The molecule has 0 saturated heterocycles. The van der Waals surface area contributed by atoms with Crippen LogP contribution in [-0.2, 0) is 4.79 Å². The summed E-state index contributed by atoms with van der Waals surface area (Å²) in [5, 5.41) is 10.5. The molecule has 0 aromatic carbocycles. The smallest absolute Gasteiger partial charge is 0.144 e. The van der Waals surface area contributed by atoms with Gasteiger partial charge in [0.1, 0.15) is 5.78 Å². The zero-order valence-corrected chi connectivity index (χ0v) is 10.0. The SMILES string of the molecule is CC(C)(C)C(=O)[C@@H]1C[C@H]2CCC[C@]1(O)C2. The average Bonchev–Trinajstić information content (AvgIpc) is 2.33. The maximum atomic E-state index is 12.3. The largest absolute Gasteiger partial charge is 0.389 e. The van der Waals surface area contributed by atoms with E-state index in [0.29, 0.717) is 5.92 Å². The number of hydrogen-bond donors (Lipinski definition) is 1. The van der Waals surface area contributed by atoms with Crippen molar-refractivity contribution in [2.45, 2.75) is 58.5 Å². The summed E-state index contributed by atoms with van der Waals surface area (Å²) < 4.78 is 0. The van der Waals surface area contributed by atoms with Crippen LogP contribution in [0.5, 0.6) is 0 Å². The summed E-state index contributed by atoms with van der Waals surface area (Å²) in [5.41, 5.74) is -0.967. The van der Waals surface area contributed by atoms with Gasteiger partial charge in [-0.3, -0.25) is 4.79 Å². The molecule has 86 valence electrons. The lowest BCUT2D eigenvalue weighted by molar-refractivity contribution is -0.138. The van der Waals surface area contributed by atoms with Crippen LogP contribution in [0.25, 0.3) is 0 Å². The lowest BCUT2D eigenvalue weighted by Gasteiger charge is -2.34. The van der Waals surface area contributed by atoms with Crippen LogP contribution < -0.4 is 0 Å². The molecule has 15 heavy (non-hydrogen) atoms. The van der Waals surface area contributed by atoms with Crippen LogP contribution in [0.15, 0.2) is 0 Å². The number of carbonyl (C=O) groups is 1. The summed E-state index contributed by atoms with van der Waals surface area (Å²) in [7, 11) is 0. The molecule has 2 saturated carbocycles. The van der Waals surface area contributed by atoms with Crippen molar-refractivity contribution in [1.82, 2.24) is 0 Å². The molecule has 1 N–H and O–H groups in total. The van der Waals surface area contributed by atoms with Crippen molar-refractivity contribution in [2.24, 2.45) is 17.3 Å². The molecule has 3 atom stereocenters. The van der Waals surface area contributed by atoms with Crippen LogP contribution in [0.4, 0.5) is 0 Å². The maximum Gasteiger partial charge on any atom is 0.144 e. The standard InChI is InChI=1S/C13H22O2/c1-12(2,3)11(14)10-7-9-5-4-6-13(10,15)8-9/h9-10,15H,4-8H2,1-3H3/t9-,10+,13+/m1/s1. The number of rotatable bonds is 1.